The van der Waals surface area contributed by atoms with Crippen molar-refractivity contribution >= 4 is 33.4 Å². The van der Waals surface area contributed by atoms with E-state index in [1.54, 1.807) is 0 Å². The molecule has 1 unspecified atom stereocenters. The number of benzene rings is 1. The Morgan fingerprint density at radius 1 is 1.44 bits per heavy atom. The maximum atomic E-state index is 11.6. The monoisotopic (exact) mass is 301 g/mol. The van der Waals surface area contributed by atoms with Gasteiger partial charge in [-0.2, -0.15) is 0 Å². The van der Waals surface area contributed by atoms with Gasteiger partial charge in [0.1, 0.15) is 5.88 Å². The molecule has 86 valence electrons. The maximum absolute atomic E-state index is 11.6. The molecule has 0 bridgehead atoms. The molecule has 1 fully saturated rings. The average Bonchev–Trinajstić information content (AvgIpc) is 2.78. The van der Waals surface area contributed by atoms with Crippen molar-refractivity contribution in [3.63, 3.8) is 0 Å². The molecule has 1 atom stereocenters. The Balaban J connectivity index is 2.19. The van der Waals surface area contributed by atoms with Gasteiger partial charge in [0, 0.05) is 11.0 Å². The summed E-state index contributed by atoms with van der Waals surface area (Å²) < 4.78 is 1.06. The van der Waals surface area contributed by atoms with Gasteiger partial charge in [-0.25, -0.2) is 0 Å². The number of carbonyl (C=O) groups is 1. The van der Waals surface area contributed by atoms with Gasteiger partial charge >= 0.3 is 0 Å². The number of nitrogens with zero attached hydrogens (tertiary/aromatic N) is 1. The van der Waals surface area contributed by atoms with Crippen LogP contribution in [-0.4, -0.2) is 23.2 Å². The van der Waals surface area contributed by atoms with E-state index in [2.05, 4.69) is 28.1 Å². The highest BCUT2D eigenvalue weighted by Crippen LogP contribution is 2.32. The lowest BCUT2D eigenvalue weighted by atomic mass is 10.0. The van der Waals surface area contributed by atoms with E-state index >= 15 is 0 Å². The Morgan fingerprint density at radius 3 is 2.75 bits per heavy atom. The van der Waals surface area contributed by atoms with Crippen LogP contribution in [0, 0.1) is 0 Å². The van der Waals surface area contributed by atoms with Crippen molar-refractivity contribution in [1.82, 2.24) is 4.90 Å². The lowest BCUT2D eigenvalue weighted by Crippen LogP contribution is -2.31. The molecule has 1 aromatic rings. The second-order valence-electron chi connectivity index (χ2n) is 3.93. The Labute approximate surface area is 109 Å². The van der Waals surface area contributed by atoms with Crippen molar-refractivity contribution in [3.8, 4) is 0 Å². The molecule has 4 heteroatoms. The van der Waals surface area contributed by atoms with Crippen LogP contribution in [0.5, 0.6) is 0 Å². The first-order valence-electron chi connectivity index (χ1n) is 5.33. The highest BCUT2D eigenvalue weighted by atomic mass is 79.9. The number of rotatable bonds is 2. The van der Waals surface area contributed by atoms with Gasteiger partial charge < -0.3 is 4.90 Å². The van der Waals surface area contributed by atoms with E-state index in [9.17, 15) is 4.79 Å². The summed E-state index contributed by atoms with van der Waals surface area (Å²) in [6, 6.07) is 8.36. The van der Waals surface area contributed by atoms with E-state index in [1.807, 2.05) is 17.0 Å². The third-order valence-electron chi connectivity index (χ3n) is 2.94. The number of alkyl halides is 1. The zero-order chi connectivity index (χ0) is 11.5. The lowest BCUT2D eigenvalue weighted by Gasteiger charge is -2.24. The first kappa shape index (κ1) is 11.9. The Hall–Kier alpha value is -0.540. The SMILES string of the molecule is O=C(CCl)N1CCCC1c1ccc(Br)cc1. The standard InChI is InChI=1S/C12H13BrClNO/c13-10-5-3-9(4-6-10)11-2-1-7-15(11)12(16)8-14/h3-6,11H,1-2,7-8H2. The summed E-state index contributed by atoms with van der Waals surface area (Å²) in [5, 5.41) is 0. The topological polar surface area (TPSA) is 20.3 Å². The van der Waals surface area contributed by atoms with E-state index in [0.29, 0.717) is 0 Å². The minimum absolute atomic E-state index is 0.0343. The van der Waals surface area contributed by atoms with E-state index in [0.717, 1.165) is 23.9 Å². The van der Waals surface area contributed by atoms with Crippen molar-refractivity contribution in [2.24, 2.45) is 0 Å². The van der Waals surface area contributed by atoms with Crippen LogP contribution in [-0.2, 0) is 4.79 Å². The molecule has 0 radical (unpaired) electrons. The summed E-state index contributed by atoms with van der Waals surface area (Å²) >= 11 is 9.02. The summed E-state index contributed by atoms with van der Waals surface area (Å²) in [6.45, 7) is 0.826. The van der Waals surface area contributed by atoms with Crippen LogP contribution < -0.4 is 0 Å². The molecule has 1 saturated heterocycles. The third-order valence-corrected chi connectivity index (χ3v) is 3.70. The fraction of sp³-hybridized carbons (Fsp3) is 0.417. The van der Waals surface area contributed by atoms with Gasteiger partial charge in [0.2, 0.25) is 5.91 Å². The van der Waals surface area contributed by atoms with Gasteiger partial charge in [0.15, 0.2) is 0 Å². The van der Waals surface area contributed by atoms with Crippen molar-refractivity contribution in [3.05, 3.63) is 34.3 Å². The molecule has 0 aliphatic carbocycles. The molecule has 1 aliphatic heterocycles. The lowest BCUT2D eigenvalue weighted by molar-refractivity contribution is -0.129. The predicted molar refractivity (Wildman–Crippen MR) is 68.6 cm³/mol. The summed E-state index contributed by atoms with van der Waals surface area (Å²) in [5.74, 6) is 0.111. The second kappa shape index (κ2) is 5.19. The zero-order valence-corrected chi connectivity index (χ0v) is 11.2. The quantitative estimate of drug-likeness (QED) is 0.767. The highest BCUT2D eigenvalue weighted by molar-refractivity contribution is 9.10. The smallest absolute Gasteiger partial charge is 0.238 e. The number of hydrogen-bond acceptors (Lipinski definition) is 1. The largest absolute Gasteiger partial charge is 0.335 e. The number of hydrogen-bond donors (Lipinski definition) is 0. The molecule has 1 aromatic carbocycles. The van der Waals surface area contributed by atoms with Crippen LogP contribution in [0.25, 0.3) is 0 Å². The molecule has 1 heterocycles. The van der Waals surface area contributed by atoms with Crippen LogP contribution in [0.15, 0.2) is 28.7 Å². The van der Waals surface area contributed by atoms with Crippen LogP contribution in [0.3, 0.4) is 0 Å². The van der Waals surface area contributed by atoms with Crippen LogP contribution in [0.1, 0.15) is 24.4 Å². The van der Waals surface area contributed by atoms with Gasteiger partial charge in [-0.05, 0) is 30.5 Å². The normalized spacial score (nSPS) is 20.1. The first-order chi connectivity index (χ1) is 7.72. The molecule has 1 amide bonds. The molecule has 0 spiro atoms. The molecule has 2 nitrogen and oxygen atoms in total. The predicted octanol–water partition coefficient (Wildman–Crippen LogP) is 3.35. The highest BCUT2D eigenvalue weighted by Gasteiger charge is 2.28. The van der Waals surface area contributed by atoms with E-state index < -0.39 is 0 Å². The number of carbonyl (C=O) groups excluding carboxylic acids is 1. The number of amides is 1. The molecule has 16 heavy (non-hydrogen) atoms. The van der Waals surface area contributed by atoms with E-state index in [4.69, 9.17) is 11.6 Å². The summed E-state index contributed by atoms with van der Waals surface area (Å²) in [4.78, 5) is 13.5. The summed E-state index contributed by atoms with van der Waals surface area (Å²) in [6.07, 6.45) is 2.09. The molecular weight excluding hydrogens is 289 g/mol. The van der Waals surface area contributed by atoms with Crippen molar-refractivity contribution in [1.29, 1.82) is 0 Å². The Bertz CT molecular complexity index is 379. The first-order valence-corrected chi connectivity index (χ1v) is 6.66. The van der Waals surface area contributed by atoms with Crippen molar-refractivity contribution in [2.75, 3.05) is 12.4 Å². The van der Waals surface area contributed by atoms with Crippen LogP contribution >= 0.6 is 27.5 Å². The minimum atomic E-state index is 0.0343. The minimum Gasteiger partial charge on any atom is -0.335 e. The molecule has 0 N–H and O–H groups in total. The fourth-order valence-corrected chi connectivity index (χ4v) is 2.59. The van der Waals surface area contributed by atoms with Gasteiger partial charge in [-0.15, -0.1) is 11.6 Å². The fourth-order valence-electron chi connectivity index (χ4n) is 2.17. The molecule has 0 aromatic heterocycles. The number of halogens is 2. The number of likely N-dealkylation sites (tertiary alicyclic amines) is 1. The van der Waals surface area contributed by atoms with E-state index in [1.165, 1.54) is 5.56 Å². The molecular formula is C12H13BrClNO. The maximum Gasteiger partial charge on any atom is 0.238 e. The Morgan fingerprint density at radius 2 is 2.12 bits per heavy atom. The molecule has 1 aliphatic rings. The molecule has 0 saturated carbocycles. The van der Waals surface area contributed by atoms with Crippen LogP contribution in [0.2, 0.25) is 0 Å². The van der Waals surface area contributed by atoms with Crippen LogP contribution in [0.4, 0.5) is 0 Å². The van der Waals surface area contributed by atoms with Gasteiger partial charge in [0.05, 0.1) is 6.04 Å². The average molecular weight is 303 g/mol. The van der Waals surface area contributed by atoms with Crippen molar-refractivity contribution in [2.45, 2.75) is 18.9 Å². The van der Waals surface area contributed by atoms with Gasteiger partial charge in [0.25, 0.3) is 0 Å². The third kappa shape index (κ3) is 2.41. The summed E-state index contributed by atoms with van der Waals surface area (Å²) in [7, 11) is 0. The molecule has 2 rings (SSSR count). The zero-order valence-electron chi connectivity index (χ0n) is 8.83. The Kier molecular flexibility index (Phi) is 3.87. The van der Waals surface area contributed by atoms with Gasteiger partial charge in [-0.3, -0.25) is 4.79 Å². The summed E-state index contributed by atoms with van der Waals surface area (Å²) in [5.41, 5.74) is 1.19. The van der Waals surface area contributed by atoms with E-state index in [-0.39, 0.29) is 17.8 Å². The second-order valence-corrected chi connectivity index (χ2v) is 5.11. The van der Waals surface area contributed by atoms with Crippen molar-refractivity contribution < 1.29 is 4.79 Å². The van der Waals surface area contributed by atoms with Gasteiger partial charge in [-0.1, -0.05) is 28.1 Å².